The predicted molar refractivity (Wildman–Crippen MR) is 108 cm³/mol. The highest BCUT2D eigenvalue weighted by Crippen LogP contribution is 2.30. The second-order valence-corrected chi connectivity index (χ2v) is 6.82. The smallest absolute Gasteiger partial charge is 0.325 e. The van der Waals surface area contributed by atoms with E-state index in [9.17, 15) is 14.4 Å². The van der Waals surface area contributed by atoms with Gasteiger partial charge >= 0.3 is 5.97 Å². The summed E-state index contributed by atoms with van der Waals surface area (Å²) in [4.78, 5) is 38.6. The fraction of sp³-hybridized carbons (Fsp3) is 0.318. The molecule has 0 aromatic heterocycles. The van der Waals surface area contributed by atoms with Crippen LogP contribution < -0.4 is 15.0 Å². The van der Waals surface area contributed by atoms with Crippen LogP contribution in [0.3, 0.4) is 0 Å². The van der Waals surface area contributed by atoms with Gasteiger partial charge in [-0.1, -0.05) is 30.3 Å². The monoisotopic (exact) mass is 396 g/mol. The summed E-state index contributed by atoms with van der Waals surface area (Å²) in [6, 6.07) is 14.5. The van der Waals surface area contributed by atoms with Gasteiger partial charge in [0.25, 0.3) is 11.8 Å². The fourth-order valence-electron chi connectivity index (χ4n) is 3.41. The summed E-state index contributed by atoms with van der Waals surface area (Å²) in [6.07, 6.45) is 1.77. The molecule has 0 saturated carbocycles. The predicted octanol–water partition coefficient (Wildman–Crippen LogP) is 2.34. The van der Waals surface area contributed by atoms with Gasteiger partial charge in [0.15, 0.2) is 6.61 Å². The van der Waals surface area contributed by atoms with Crippen molar-refractivity contribution < 1.29 is 23.9 Å². The van der Waals surface area contributed by atoms with Crippen LogP contribution in [0.25, 0.3) is 0 Å². The van der Waals surface area contributed by atoms with Gasteiger partial charge in [0.2, 0.25) is 0 Å². The van der Waals surface area contributed by atoms with Gasteiger partial charge < -0.3 is 19.7 Å². The highest BCUT2D eigenvalue weighted by molar-refractivity contribution is 5.99. The number of carbonyl (C=O) groups is 3. The molecule has 7 nitrogen and oxygen atoms in total. The molecule has 2 aromatic carbocycles. The lowest BCUT2D eigenvalue weighted by atomic mass is 9.96. The Morgan fingerprint density at radius 3 is 2.62 bits per heavy atom. The van der Waals surface area contributed by atoms with Crippen LogP contribution in [0.2, 0.25) is 0 Å². The largest absolute Gasteiger partial charge is 0.496 e. The lowest BCUT2D eigenvalue weighted by molar-refractivity contribution is -0.146. The molecule has 3 rings (SSSR count). The van der Waals surface area contributed by atoms with Crippen LogP contribution in [0.1, 0.15) is 29.3 Å². The van der Waals surface area contributed by atoms with Crippen LogP contribution in [-0.4, -0.2) is 44.1 Å². The van der Waals surface area contributed by atoms with E-state index in [1.807, 2.05) is 31.2 Å². The molecule has 0 bridgehead atoms. The standard InChI is InChI=1S/C22H24N2O5/c1-15-11-12-16-7-3-5-9-18(16)24(15)20(25)14-29-21(26)13-23-22(27)17-8-4-6-10-19(17)28-2/h3-10,15H,11-14H2,1-2H3,(H,23,27). The van der Waals surface area contributed by atoms with E-state index in [1.54, 1.807) is 29.2 Å². The first kappa shape index (κ1) is 20.4. The Morgan fingerprint density at radius 2 is 1.83 bits per heavy atom. The highest BCUT2D eigenvalue weighted by Gasteiger charge is 2.28. The van der Waals surface area contributed by atoms with Gasteiger partial charge in [0, 0.05) is 11.7 Å². The Morgan fingerprint density at radius 1 is 1.10 bits per heavy atom. The number of carbonyl (C=O) groups excluding carboxylic acids is 3. The number of esters is 1. The summed E-state index contributed by atoms with van der Waals surface area (Å²) in [5.74, 6) is -1.01. The quantitative estimate of drug-likeness (QED) is 0.758. The molecule has 1 atom stereocenters. The molecule has 1 heterocycles. The van der Waals surface area contributed by atoms with Crippen molar-refractivity contribution in [1.82, 2.24) is 5.32 Å². The molecule has 7 heteroatoms. The van der Waals surface area contributed by atoms with Gasteiger partial charge in [-0.3, -0.25) is 14.4 Å². The van der Waals surface area contributed by atoms with Crippen molar-refractivity contribution in [3.05, 3.63) is 59.7 Å². The van der Waals surface area contributed by atoms with Gasteiger partial charge in [-0.25, -0.2) is 0 Å². The van der Waals surface area contributed by atoms with Crippen molar-refractivity contribution in [2.45, 2.75) is 25.8 Å². The number of aryl methyl sites for hydroxylation is 1. The Labute approximate surface area is 169 Å². The molecule has 1 aliphatic rings. The van der Waals surface area contributed by atoms with E-state index in [0.29, 0.717) is 11.3 Å². The van der Waals surface area contributed by atoms with Crippen LogP contribution in [0.5, 0.6) is 5.75 Å². The Balaban J connectivity index is 1.53. The zero-order valence-electron chi connectivity index (χ0n) is 16.5. The van der Waals surface area contributed by atoms with Gasteiger partial charge in [0.1, 0.15) is 12.3 Å². The number of hydrogen-bond donors (Lipinski definition) is 1. The average Bonchev–Trinajstić information content (AvgIpc) is 2.75. The van der Waals surface area contributed by atoms with Crippen molar-refractivity contribution in [1.29, 1.82) is 0 Å². The van der Waals surface area contributed by atoms with Crippen molar-refractivity contribution in [2.75, 3.05) is 25.2 Å². The number of nitrogens with zero attached hydrogens (tertiary/aromatic N) is 1. The van der Waals surface area contributed by atoms with Crippen LogP contribution in [0.4, 0.5) is 5.69 Å². The maximum Gasteiger partial charge on any atom is 0.325 e. The zero-order chi connectivity index (χ0) is 20.8. The summed E-state index contributed by atoms with van der Waals surface area (Å²) in [6.45, 7) is 1.27. The normalized spacial score (nSPS) is 15.2. The zero-order valence-corrected chi connectivity index (χ0v) is 16.5. The lowest BCUT2D eigenvalue weighted by Gasteiger charge is -2.35. The maximum atomic E-state index is 12.7. The number of anilines is 1. The molecule has 1 aliphatic heterocycles. The second-order valence-electron chi connectivity index (χ2n) is 6.82. The summed E-state index contributed by atoms with van der Waals surface area (Å²) in [7, 11) is 1.46. The SMILES string of the molecule is COc1ccccc1C(=O)NCC(=O)OCC(=O)N1c2ccccc2CCC1C. The fourth-order valence-corrected chi connectivity index (χ4v) is 3.41. The molecule has 0 fully saturated rings. The van der Waals surface area contributed by atoms with E-state index < -0.39 is 11.9 Å². The van der Waals surface area contributed by atoms with Crippen molar-refractivity contribution in [3.63, 3.8) is 0 Å². The maximum absolute atomic E-state index is 12.7. The summed E-state index contributed by atoms with van der Waals surface area (Å²) in [5.41, 5.74) is 2.28. The minimum Gasteiger partial charge on any atom is -0.496 e. The van der Waals surface area contributed by atoms with Crippen molar-refractivity contribution in [2.24, 2.45) is 0 Å². The average molecular weight is 396 g/mol. The number of ether oxygens (including phenoxy) is 2. The Hall–Kier alpha value is -3.35. The Kier molecular flexibility index (Phi) is 6.49. The van der Waals surface area contributed by atoms with Crippen molar-refractivity contribution >= 4 is 23.5 Å². The van der Waals surface area contributed by atoms with E-state index in [0.717, 1.165) is 24.1 Å². The number of benzene rings is 2. The third kappa shape index (κ3) is 4.74. The first-order valence-corrected chi connectivity index (χ1v) is 9.48. The molecular weight excluding hydrogens is 372 g/mol. The minimum atomic E-state index is -0.681. The molecule has 0 saturated heterocycles. The second kappa shape index (κ2) is 9.23. The third-order valence-corrected chi connectivity index (χ3v) is 4.89. The Bertz CT molecular complexity index is 912. The molecule has 2 amide bonds. The van der Waals surface area contributed by atoms with Gasteiger partial charge in [-0.05, 0) is 43.5 Å². The highest BCUT2D eigenvalue weighted by atomic mass is 16.5. The van der Waals surface area contributed by atoms with E-state index in [1.165, 1.54) is 7.11 Å². The first-order chi connectivity index (χ1) is 14.0. The van der Waals surface area contributed by atoms with E-state index in [-0.39, 0.29) is 25.1 Å². The topological polar surface area (TPSA) is 84.9 Å². The molecule has 29 heavy (non-hydrogen) atoms. The van der Waals surface area contributed by atoms with E-state index in [4.69, 9.17) is 9.47 Å². The molecule has 152 valence electrons. The number of para-hydroxylation sites is 2. The molecule has 0 spiro atoms. The summed E-state index contributed by atoms with van der Waals surface area (Å²) >= 11 is 0. The lowest BCUT2D eigenvalue weighted by Crippen LogP contribution is -2.44. The number of amides is 2. The first-order valence-electron chi connectivity index (χ1n) is 9.48. The number of rotatable bonds is 6. The molecule has 1 unspecified atom stereocenters. The summed E-state index contributed by atoms with van der Waals surface area (Å²) < 4.78 is 10.2. The van der Waals surface area contributed by atoms with Crippen molar-refractivity contribution in [3.8, 4) is 5.75 Å². The van der Waals surface area contributed by atoms with Gasteiger partial charge in [0.05, 0.1) is 12.7 Å². The van der Waals surface area contributed by atoms with E-state index in [2.05, 4.69) is 5.32 Å². The van der Waals surface area contributed by atoms with Crippen LogP contribution in [-0.2, 0) is 20.7 Å². The number of fused-ring (bicyclic) bond motifs is 1. The summed E-state index contributed by atoms with van der Waals surface area (Å²) in [5, 5.41) is 2.48. The number of hydrogen-bond acceptors (Lipinski definition) is 5. The van der Waals surface area contributed by atoms with Gasteiger partial charge in [-0.15, -0.1) is 0 Å². The minimum absolute atomic E-state index is 0.0290. The molecular formula is C22H24N2O5. The van der Waals surface area contributed by atoms with Crippen LogP contribution in [0.15, 0.2) is 48.5 Å². The third-order valence-electron chi connectivity index (χ3n) is 4.89. The van der Waals surface area contributed by atoms with Crippen LogP contribution in [0, 0.1) is 0 Å². The molecule has 1 N–H and O–H groups in total. The van der Waals surface area contributed by atoms with Crippen LogP contribution >= 0.6 is 0 Å². The number of methoxy groups -OCH3 is 1. The van der Waals surface area contributed by atoms with Gasteiger partial charge in [-0.2, -0.15) is 0 Å². The number of nitrogens with one attached hydrogen (secondary N) is 1. The van der Waals surface area contributed by atoms with E-state index >= 15 is 0 Å². The molecule has 0 aliphatic carbocycles. The molecule has 0 radical (unpaired) electrons. The molecule has 2 aromatic rings.